The summed E-state index contributed by atoms with van der Waals surface area (Å²) in [5.74, 6) is -3.82. The molecule has 2 aromatic rings. The number of nitrogens with one attached hydrogen (secondary N) is 1. The molecule has 0 radical (unpaired) electrons. The summed E-state index contributed by atoms with van der Waals surface area (Å²) in [6, 6.07) is 2.77. The van der Waals surface area contributed by atoms with Crippen LogP contribution in [0.4, 0.5) is 8.78 Å². The van der Waals surface area contributed by atoms with Gasteiger partial charge in [0, 0.05) is 43.4 Å². The van der Waals surface area contributed by atoms with Gasteiger partial charge in [-0.1, -0.05) is 11.2 Å². The van der Waals surface area contributed by atoms with E-state index in [-0.39, 0.29) is 30.4 Å². The van der Waals surface area contributed by atoms with Gasteiger partial charge in [-0.05, 0) is 39.7 Å². The van der Waals surface area contributed by atoms with Crippen LogP contribution in [0.5, 0.6) is 5.75 Å². The van der Waals surface area contributed by atoms with Crippen molar-refractivity contribution in [2.75, 3.05) is 6.54 Å². The van der Waals surface area contributed by atoms with E-state index in [1.54, 1.807) is 4.90 Å². The molecule has 4 heterocycles. The first-order valence-electron chi connectivity index (χ1n) is 11.7. The lowest BCUT2D eigenvalue weighted by molar-refractivity contribution is -0.110. The number of aromatic hydroxyl groups is 1. The molecular formula is C25H26F2N4O5. The van der Waals surface area contributed by atoms with E-state index in [9.17, 15) is 28.3 Å². The molecule has 190 valence electrons. The molecule has 5 rings (SSSR count). The molecule has 2 N–H and O–H groups in total. The molecule has 1 aromatic heterocycles. The third-order valence-electron chi connectivity index (χ3n) is 7.75. The lowest BCUT2D eigenvalue weighted by Gasteiger charge is -2.49. The molecule has 0 aliphatic carbocycles. The van der Waals surface area contributed by atoms with Crippen molar-refractivity contribution < 1.29 is 28.3 Å². The Labute approximate surface area is 205 Å². The number of fused-ring (bicyclic) bond motifs is 5. The minimum Gasteiger partial charge on any atom is -0.503 e. The molecule has 3 aliphatic rings. The summed E-state index contributed by atoms with van der Waals surface area (Å²) in [7, 11) is 0. The van der Waals surface area contributed by atoms with Gasteiger partial charge in [-0.25, -0.2) is 8.78 Å². The third kappa shape index (κ3) is 3.40. The Morgan fingerprint density at radius 3 is 2.75 bits per heavy atom. The summed E-state index contributed by atoms with van der Waals surface area (Å²) in [5, 5.41) is 17.5. The second-order valence-corrected chi connectivity index (χ2v) is 10.0. The molecule has 3 aliphatic heterocycles. The van der Waals surface area contributed by atoms with Crippen molar-refractivity contribution in [3.63, 3.8) is 0 Å². The van der Waals surface area contributed by atoms with Gasteiger partial charge in [-0.3, -0.25) is 14.4 Å². The number of pyridine rings is 1. The second kappa shape index (κ2) is 8.14. The zero-order valence-electron chi connectivity index (χ0n) is 20.1. The van der Waals surface area contributed by atoms with Gasteiger partial charge in [0.15, 0.2) is 17.0 Å². The molecule has 2 amide bonds. The molecule has 9 nitrogen and oxygen atoms in total. The monoisotopic (exact) mass is 500 g/mol. The average molecular weight is 501 g/mol. The highest BCUT2D eigenvalue weighted by molar-refractivity contribution is 5.99. The fraction of sp³-hybridized carbons (Fsp3) is 0.440. The van der Waals surface area contributed by atoms with Gasteiger partial charge in [0.05, 0.1) is 5.71 Å². The van der Waals surface area contributed by atoms with E-state index < -0.39 is 51.3 Å². The molecule has 1 aromatic carbocycles. The number of hydrogen-bond acceptors (Lipinski definition) is 6. The lowest BCUT2D eigenvalue weighted by Crippen LogP contribution is -2.63. The first kappa shape index (κ1) is 24.0. The zero-order valence-corrected chi connectivity index (χ0v) is 20.1. The standard InChI is InChI=1S/C25H26F2N4O5/c1-13-9-25(36-29-13)7-6-14(2)30-12-24(25,3)31-11-17(20(32)21(33)19(31)23(30)35)22(34)28-10-15-4-5-16(26)8-18(15)27/h4-5,8,11,14,33H,6-7,9-10,12H2,1-3H3,(H,28,34)/t14-,24+,25-/m0/s1. The van der Waals surface area contributed by atoms with E-state index in [1.165, 1.54) is 16.8 Å². The number of amides is 2. The first-order chi connectivity index (χ1) is 17.0. The Hall–Kier alpha value is -3.76. The summed E-state index contributed by atoms with van der Waals surface area (Å²) in [6.07, 6.45) is 2.93. The van der Waals surface area contributed by atoms with Gasteiger partial charge in [0.2, 0.25) is 5.43 Å². The Morgan fingerprint density at radius 2 is 2.08 bits per heavy atom. The van der Waals surface area contributed by atoms with E-state index >= 15 is 0 Å². The minimum atomic E-state index is -1.02. The summed E-state index contributed by atoms with van der Waals surface area (Å²) < 4.78 is 28.7. The van der Waals surface area contributed by atoms with Gasteiger partial charge in [-0.2, -0.15) is 0 Å². The number of carbonyl (C=O) groups excluding carboxylic acids is 2. The van der Waals surface area contributed by atoms with Crippen molar-refractivity contribution in [1.82, 2.24) is 14.8 Å². The Kier molecular flexibility index (Phi) is 5.42. The predicted octanol–water partition coefficient (Wildman–Crippen LogP) is 2.65. The van der Waals surface area contributed by atoms with Crippen molar-refractivity contribution in [1.29, 1.82) is 0 Å². The molecule has 1 fully saturated rings. The molecule has 1 saturated heterocycles. The number of nitrogens with zero attached hydrogens (tertiary/aromatic N) is 3. The minimum absolute atomic E-state index is 0.0218. The molecular weight excluding hydrogens is 474 g/mol. The van der Waals surface area contributed by atoms with Crippen molar-refractivity contribution >= 4 is 17.5 Å². The highest BCUT2D eigenvalue weighted by Gasteiger charge is 2.61. The Bertz CT molecular complexity index is 1390. The van der Waals surface area contributed by atoms with Crippen LogP contribution in [0, 0.1) is 11.6 Å². The third-order valence-corrected chi connectivity index (χ3v) is 7.75. The number of aromatic nitrogens is 1. The predicted molar refractivity (Wildman–Crippen MR) is 125 cm³/mol. The number of rotatable bonds is 3. The lowest BCUT2D eigenvalue weighted by atomic mass is 9.74. The van der Waals surface area contributed by atoms with E-state index in [1.807, 2.05) is 20.8 Å². The largest absolute Gasteiger partial charge is 0.503 e. The van der Waals surface area contributed by atoms with E-state index in [4.69, 9.17) is 4.84 Å². The number of benzene rings is 1. The van der Waals surface area contributed by atoms with E-state index in [0.29, 0.717) is 25.3 Å². The van der Waals surface area contributed by atoms with Crippen LogP contribution in [0.25, 0.3) is 0 Å². The van der Waals surface area contributed by atoms with E-state index in [0.717, 1.165) is 11.8 Å². The van der Waals surface area contributed by atoms with Gasteiger partial charge in [-0.15, -0.1) is 0 Å². The van der Waals surface area contributed by atoms with Crippen LogP contribution in [0.3, 0.4) is 0 Å². The molecule has 1 spiro atoms. The Morgan fingerprint density at radius 1 is 1.33 bits per heavy atom. The maximum absolute atomic E-state index is 14.0. The number of hydrogen-bond donors (Lipinski definition) is 2. The van der Waals surface area contributed by atoms with Gasteiger partial charge in [0.25, 0.3) is 11.8 Å². The summed E-state index contributed by atoms with van der Waals surface area (Å²) in [6.45, 7) is 5.53. The van der Waals surface area contributed by atoms with Crippen molar-refractivity contribution in [2.45, 2.75) is 63.8 Å². The number of carbonyl (C=O) groups is 2. The molecule has 2 bridgehead atoms. The molecule has 0 unspecified atom stereocenters. The average Bonchev–Trinajstić information content (AvgIpc) is 3.19. The smallest absolute Gasteiger partial charge is 0.274 e. The van der Waals surface area contributed by atoms with Gasteiger partial charge >= 0.3 is 0 Å². The van der Waals surface area contributed by atoms with Crippen molar-refractivity contribution in [2.24, 2.45) is 5.16 Å². The van der Waals surface area contributed by atoms with Crippen LogP contribution in [0.1, 0.15) is 66.4 Å². The fourth-order valence-corrected chi connectivity index (χ4v) is 5.56. The maximum atomic E-state index is 14.0. The fourth-order valence-electron chi connectivity index (χ4n) is 5.56. The van der Waals surface area contributed by atoms with Crippen LogP contribution in [-0.2, 0) is 16.9 Å². The maximum Gasteiger partial charge on any atom is 0.274 e. The van der Waals surface area contributed by atoms with Gasteiger partial charge in [0.1, 0.15) is 22.7 Å². The van der Waals surface area contributed by atoms with Crippen molar-refractivity contribution in [3.05, 3.63) is 63.1 Å². The molecule has 0 saturated carbocycles. The quantitative estimate of drug-likeness (QED) is 0.673. The second-order valence-electron chi connectivity index (χ2n) is 10.0. The van der Waals surface area contributed by atoms with Crippen LogP contribution < -0.4 is 10.7 Å². The van der Waals surface area contributed by atoms with Crippen molar-refractivity contribution in [3.8, 4) is 5.75 Å². The van der Waals surface area contributed by atoms with E-state index in [2.05, 4.69) is 10.5 Å². The zero-order chi connectivity index (χ0) is 26.0. The molecule has 36 heavy (non-hydrogen) atoms. The molecule has 3 atom stereocenters. The Balaban J connectivity index is 1.59. The summed E-state index contributed by atoms with van der Waals surface area (Å²) in [4.78, 5) is 47.1. The SMILES string of the molecule is CC1=NO[C@@]2(CC[C@H](C)N3C[C@@]2(C)n2cc(C(=O)NCc4ccc(F)cc4F)c(=O)c(O)c2C3=O)C1. The van der Waals surface area contributed by atoms with Crippen LogP contribution in [0.2, 0.25) is 0 Å². The first-order valence-corrected chi connectivity index (χ1v) is 11.7. The highest BCUT2D eigenvalue weighted by atomic mass is 19.1. The normalized spacial score (nSPS) is 26.8. The van der Waals surface area contributed by atoms with Crippen LogP contribution in [0.15, 0.2) is 34.3 Å². The number of oxime groups is 1. The number of halogens is 2. The summed E-state index contributed by atoms with van der Waals surface area (Å²) >= 11 is 0. The summed E-state index contributed by atoms with van der Waals surface area (Å²) in [5.41, 5.74) is -2.67. The van der Waals surface area contributed by atoms with Crippen LogP contribution >= 0.6 is 0 Å². The van der Waals surface area contributed by atoms with Gasteiger partial charge < -0.3 is 24.7 Å². The van der Waals surface area contributed by atoms with Crippen LogP contribution in [-0.4, -0.2) is 50.3 Å². The topological polar surface area (TPSA) is 113 Å². The molecule has 11 heteroatoms. The highest BCUT2D eigenvalue weighted by Crippen LogP contribution is 2.49.